The molecule has 0 bridgehead atoms. The number of halogens is 1. The quantitative estimate of drug-likeness (QED) is 0.797. The van der Waals surface area contributed by atoms with Crippen molar-refractivity contribution < 1.29 is 0 Å². The molecule has 0 atom stereocenters. The van der Waals surface area contributed by atoms with Crippen LogP contribution >= 0.6 is 12.4 Å². The van der Waals surface area contributed by atoms with Crippen LogP contribution < -0.4 is 5.32 Å². The van der Waals surface area contributed by atoms with Crippen LogP contribution in [0.4, 0.5) is 5.82 Å². The molecule has 13 heavy (non-hydrogen) atoms. The first kappa shape index (κ1) is 12.3. The Morgan fingerprint density at radius 3 is 2.77 bits per heavy atom. The summed E-state index contributed by atoms with van der Waals surface area (Å²) < 4.78 is 1.97. The third-order valence-corrected chi connectivity index (χ3v) is 1.65. The van der Waals surface area contributed by atoms with Crippen LogP contribution in [-0.2, 0) is 6.54 Å². The highest BCUT2D eigenvalue weighted by atomic mass is 35.5. The van der Waals surface area contributed by atoms with Gasteiger partial charge in [-0.2, -0.15) is 5.10 Å². The molecule has 0 saturated heterocycles. The highest BCUT2D eigenvalue weighted by Gasteiger charge is 1.94. The zero-order chi connectivity index (χ0) is 8.81. The van der Waals surface area contributed by atoms with Crippen LogP contribution in [0, 0.1) is 0 Å². The van der Waals surface area contributed by atoms with Crippen LogP contribution in [0.5, 0.6) is 0 Å². The Labute approximate surface area is 85.9 Å². The van der Waals surface area contributed by atoms with Crippen LogP contribution in [0.25, 0.3) is 0 Å². The van der Waals surface area contributed by atoms with Gasteiger partial charge in [0.25, 0.3) is 0 Å². The maximum atomic E-state index is 4.34. The highest BCUT2D eigenvalue weighted by Crippen LogP contribution is 2.02. The van der Waals surface area contributed by atoms with E-state index in [0.717, 1.165) is 31.7 Å². The van der Waals surface area contributed by atoms with Gasteiger partial charge in [-0.1, -0.05) is 13.8 Å². The van der Waals surface area contributed by atoms with Crippen LogP contribution in [0.1, 0.15) is 26.7 Å². The molecule has 1 rings (SSSR count). The molecule has 0 amide bonds. The second-order valence-corrected chi connectivity index (χ2v) is 2.89. The lowest BCUT2D eigenvalue weighted by Crippen LogP contribution is -2.02. The average molecular weight is 204 g/mol. The van der Waals surface area contributed by atoms with E-state index in [9.17, 15) is 0 Å². The summed E-state index contributed by atoms with van der Waals surface area (Å²) >= 11 is 0. The van der Waals surface area contributed by atoms with Gasteiger partial charge >= 0.3 is 0 Å². The van der Waals surface area contributed by atoms with Gasteiger partial charge < -0.3 is 5.32 Å². The number of aryl methyl sites for hydroxylation is 1. The molecule has 0 unspecified atom stereocenters. The topological polar surface area (TPSA) is 29.9 Å². The number of nitrogens with one attached hydrogen (secondary N) is 1. The van der Waals surface area contributed by atoms with E-state index < -0.39 is 0 Å². The third-order valence-electron chi connectivity index (χ3n) is 1.65. The fraction of sp³-hybridized carbons (Fsp3) is 0.667. The van der Waals surface area contributed by atoms with Gasteiger partial charge in [-0.15, -0.1) is 12.4 Å². The predicted molar refractivity (Wildman–Crippen MR) is 58.5 cm³/mol. The van der Waals surface area contributed by atoms with Crippen molar-refractivity contribution in [3.05, 3.63) is 12.3 Å². The maximum Gasteiger partial charge on any atom is 0.147 e. The Morgan fingerprint density at radius 1 is 1.38 bits per heavy atom. The summed E-state index contributed by atoms with van der Waals surface area (Å²) in [5, 5.41) is 7.58. The number of hydrogen-bond acceptors (Lipinski definition) is 2. The highest BCUT2D eigenvalue weighted by molar-refractivity contribution is 5.85. The summed E-state index contributed by atoms with van der Waals surface area (Å²) in [6, 6.07) is 2.02. The molecular weight excluding hydrogens is 186 g/mol. The first-order valence-electron chi connectivity index (χ1n) is 4.64. The summed E-state index contributed by atoms with van der Waals surface area (Å²) in [6.45, 7) is 6.31. The summed E-state index contributed by atoms with van der Waals surface area (Å²) in [5.74, 6) is 0.991. The van der Waals surface area contributed by atoms with Crippen LogP contribution in [-0.4, -0.2) is 16.3 Å². The number of rotatable bonds is 5. The van der Waals surface area contributed by atoms with E-state index in [1.165, 1.54) is 0 Å². The molecular formula is C9H18ClN3. The van der Waals surface area contributed by atoms with Gasteiger partial charge in [-0.25, -0.2) is 0 Å². The number of hydrogen-bond donors (Lipinski definition) is 1. The van der Waals surface area contributed by atoms with Crippen LogP contribution in [0.3, 0.4) is 0 Å². The standard InChI is InChI=1S/C9H17N3.ClH/c1-3-6-10-9-5-8-12(11-9)7-4-2;/h5,8H,3-4,6-7H2,1-2H3,(H,10,11);1H. The van der Waals surface area contributed by atoms with Crippen molar-refractivity contribution in [2.24, 2.45) is 0 Å². The SMILES string of the molecule is CCCNc1ccn(CCC)n1.Cl. The second kappa shape index (κ2) is 6.78. The van der Waals surface area contributed by atoms with E-state index in [1.54, 1.807) is 0 Å². The summed E-state index contributed by atoms with van der Waals surface area (Å²) in [4.78, 5) is 0. The monoisotopic (exact) mass is 203 g/mol. The zero-order valence-electron chi connectivity index (χ0n) is 8.29. The lowest BCUT2D eigenvalue weighted by molar-refractivity contribution is 0.604. The molecule has 0 aliphatic carbocycles. The van der Waals surface area contributed by atoms with Crippen molar-refractivity contribution in [2.45, 2.75) is 33.2 Å². The van der Waals surface area contributed by atoms with Crippen molar-refractivity contribution in [2.75, 3.05) is 11.9 Å². The van der Waals surface area contributed by atoms with Crippen molar-refractivity contribution in [1.82, 2.24) is 9.78 Å². The number of nitrogens with zero attached hydrogens (tertiary/aromatic N) is 2. The Hall–Kier alpha value is -0.700. The summed E-state index contributed by atoms with van der Waals surface area (Å²) in [7, 11) is 0. The molecule has 1 aromatic heterocycles. The molecule has 0 saturated carbocycles. The molecule has 0 aliphatic heterocycles. The minimum absolute atomic E-state index is 0. The molecule has 4 heteroatoms. The third kappa shape index (κ3) is 4.18. The smallest absolute Gasteiger partial charge is 0.147 e. The molecule has 0 aliphatic rings. The molecule has 0 fully saturated rings. The van der Waals surface area contributed by atoms with E-state index in [0.29, 0.717) is 0 Å². The Kier molecular flexibility index (Phi) is 6.41. The lowest BCUT2D eigenvalue weighted by Gasteiger charge is -1.99. The Bertz CT molecular complexity index is 222. The fourth-order valence-electron chi connectivity index (χ4n) is 1.06. The molecule has 76 valence electrons. The van der Waals surface area contributed by atoms with Crippen molar-refractivity contribution in [1.29, 1.82) is 0 Å². The van der Waals surface area contributed by atoms with Crippen molar-refractivity contribution >= 4 is 18.2 Å². The average Bonchev–Trinajstić information content (AvgIpc) is 2.50. The molecule has 0 aromatic carbocycles. The zero-order valence-corrected chi connectivity index (χ0v) is 9.10. The van der Waals surface area contributed by atoms with Gasteiger partial charge in [0.2, 0.25) is 0 Å². The van der Waals surface area contributed by atoms with Gasteiger partial charge in [0.15, 0.2) is 0 Å². The van der Waals surface area contributed by atoms with E-state index in [1.807, 2.05) is 16.9 Å². The van der Waals surface area contributed by atoms with Gasteiger partial charge in [-0.3, -0.25) is 4.68 Å². The molecule has 1 N–H and O–H groups in total. The summed E-state index contributed by atoms with van der Waals surface area (Å²) in [6.07, 6.45) is 4.29. The van der Waals surface area contributed by atoms with Gasteiger partial charge in [0.05, 0.1) is 0 Å². The molecule has 0 spiro atoms. The van der Waals surface area contributed by atoms with Crippen molar-refractivity contribution in [3.63, 3.8) is 0 Å². The first-order chi connectivity index (χ1) is 5.86. The van der Waals surface area contributed by atoms with Gasteiger partial charge in [-0.05, 0) is 12.8 Å². The molecule has 1 aromatic rings. The second-order valence-electron chi connectivity index (χ2n) is 2.89. The lowest BCUT2D eigenvalue weighted by atomic mass is 10.5. The fourth-order valence-corrected chi connectivity index (χ4v) is 1.06. The van der Waals surface area contributed by atoms with Gasteiger partial charge in [0, 0.05) is 25.4 Å². The minimum atomic E-state index is 0. The molecule has 1 heterocycles. The number of anilines is 1. The van der Waals surface area contributed by atoms with E-state index in [4.69, 9.17) is 0 Å². The van der Waals surface area contributed by atoms with E-state index in [2.05, 4.69) is 24.3 Å². The van der Waals surface area contributed by atoms with Crippen LogP contribution in [0.2, 0.25) is 0 Å². The molecule has 0 radical (unpaired) electrons. The summed E-state index contributed by atoms with van der Waals surface area (Å²) in [5.41, 5.74) is 0. The Balaban J connectivity index is 0.00000144. The Morgan fingerprint density at radius 2 is 2.15 bits per heavy atom. The maximum absolute atomic E-state index is 4.34. The first-order valence-corrected chi connectivity index (χ1v) is 4.64. The van der Waals surface area contributed by atoms with E-state index >= 15 is 0 Å². The normalized spacial score (nSPS) is 9.38. The van der Waals surface area contributed by atoms with Gasteiger partial charge in [0.1, 0.15) is 5.82 Å². The van der Waals surface area contributed by atoms with Crippen LogP contribution in [0.15, 0.2) is 12.3 Å². The minimum Gasteiger partial charge on any atom is -0.369 e. The van der Waals surface area contributed by atoms with E-state index in [-0.39, 0.29) is 12.4 Å². The number of aromatic nitrogens is 2. The predicted octanol–water partition coefficient (Wildman–Crippen LogP) is 2.54. The molecule has 3 nitrogen and oxygen atoms in total. The largest absolute Gasteiger partial charge is 0.369 e. The van der Waals surface area contributed by atoms with Crippen molar-refractivity contribution in [3.8, 4) is 0 Å².